The fourth-order valence-corrected chi connectivity index (χ4v) is 1.18. The summed E-state index contributed by atoms with van der Waals surface area (Å²) in [6.45, 7) is 6.73. The summed E-state index contributed by atoms with van der Waals surface area (Å²) in [4.78, 5) is 28.3. The summed E-state index contributed by atoms with van der Waals surface area (Å²) in [5.41, 5.74) is -1.31. The highest BCUT2D eigenvalue weighted by atomic mass is 16.4. The average molecular weight is 254 g/mol. The van der Waals surface area contributed by atoms with Gasteiger partial charge in [-0.25, -0.2) is 9.78 Å². The van der Waals surface area contributed by atoms with Gasteiger partial charge in [-0.2, -0.15) is 0 Å². The second-order valence-electron chi connectivity index (χ2n) is 4.93. The van der Waals surface area contributed by atoms with E-state index in [0.717, 1.165) is 4.90 Å². The normalized spacial score (nSPS) is 11.7. The van der Waals surface area contributed by atoms with Crippen LogP contribution in [0.5, 0.6) is 0 Å². The number of carbonyl (C=O) groups excluding carboxylic acids is 1. The Balaban J connectivity index is 2.96. The zero-order chi connectivity index (χ0) is 14.1. The number of nitrogens with zero attached hydrogens (tertiary/aromatic N) is 3. The number of rotatable bonds is 4. The smallest absolute Gasteiger partial charge is 0.329 e. The molecular weight excluding hydrogens is 236 g/mol. The molecule has 0 spiro atoms. The molecule has 0 atom stereocenters. The average Bonchev–Trinajstić information content (AvgIpc) is 2.76. The molecule has 18 heavy (non-hydrogen) atoms. The van der Waals surface area contributed by atoms with E-state index in [4.69, 9.17) is 5.11 Å². The van der Waals surface area contributed by atoms with Crippen LogP contribution in [0.4, 0.5) is 0 Å². The highest BCUT2D eigenvalue weighted by molar-refractivity contribution is 5.94. The van der Waals surface area contributed by atoms with Crippen LogP contribution in [0.15, 0.2) is 0 Å². The molecular formula is C11H18N4O3. The Morgan fingerprint density at radius 3 is 2.33 bits per heavy atom. The van der Waals surface area contributed by atoms with Crippen LogP contribution >= 0.6 is 0 Å². The Morgan fingerprint density at radius 2 is 1.94 bits per heavy atom. The molecule has 7 heteroatoms. The third kappa shape index (κ3) is 2.49. The predicted molar refractivity (Wildman–Crippen MR) is 64.3 cm³/mol. The topological polar surface area (TPSA) is 99.2 Å². The molecule has 7 nitrogen and oxygen atoms in total. The molecule has 0 unspecified atom stereocenters. The molecule has 0 saturated carbocycles. The zero-order valence-corrected chi connectivity index (χ0v) is 11.2. The number of amides is 1. The number of carboxylic acid groups (broad SMARTS) is 1. The number of carboxylic acids is 1. The molecule has 0 aliphatic carbocycles. The maximum Gasteiger partial charge on any atom is 0.329 e. The Bertz CT molecular complexity index is 465. The van der Waals surface area contributed by atoms with Crippen LogP contribution in [0.25, 0.3) is 0 Å². The number of hydrogen-bond donors (Lipinski definition) is 2. The van der Waals surface area contributed by atoms with Crippen molar-refractivity contribution in [2.24, 2.45) is 0 Å². The molecule has 2 N–H and O–H groups in total. The summed E-state index contributed by atoms with van der Waals surface area (Å²) in [6.07, 6.45) is 0. The number of aromatic nitrogens is 3. The molecule has 0 radical (unpaired) electrons. The van der Waals surface area contributed by atoms with Crippen LogP contribution in [0.2, 0.25) is 0 Å². The van der Waals surface area contributed by atoms with Crippen molar-refractivity contribution in [3.63, 3.8) is 0 Å². The van der Waals surface area contributed by atoms with Gasteiger partial charge in [0, 0.05) is 13.0 Å². The molecule has 0 bridgehead atoms. The number of carbonyl (C=O) groups is 2. The number of aromatic amines is 1. The fourth-order valence-electron chi connectivity index (χ4n) is 1.18. The summed E-state index contributed by atoms with van der Waals surface area (Å²) in [7, 11) is 1.42. The molecule has 1 aromatic heterocycles. The van der Waals surface area contributed by atoms with Gasteiger partial charge in [-0.3, -0.25) is 9.89 Å². The first-order chi connectivity index (χ1) is 8.17. The van der Waals surface area contributed by atoms with Gasteiger partial charge < -0.3 is 10.0 Å². The maximum absolute atomic E-state index is 12.0. The van der Waals surface area contributed by atoms with Gasteiger partial charge >= 0.3 is 5.97 Å². The minimum Gasteiger partial charge on any atom is -0.480 e. The van der Waals surface area contributed by atoms with E-state index in [1.165, 1.54) is 20.9 Å². The van der Waals surface area contributed by atoms with Crippen molar-refractivity contribution in [2.45, 2.75) is 39.2 Å². The predicted octanol–water partition coefficient (Wildman–Crippen LogP) is 0.863. The lowest BCUT2D eigenvalue weighted by Gasteiger charge is -2.30. The fraction of sp³-hybridized carbons (Fsp3) is 0.636. The quantitative estimate of drug-likeness (QED) is 0.830. The van der Waals surface area contributed by atoms with Crippen molar-refractivity contribution >= 4 is 11.9 Å². The molecule has 100 valence electrons. The highest BCUT2D eigenvalue weighted by Gasteiger charge is 2.36. The summed E-state index contributed by atoms with van der Waals surface area (Å²) in [5.74, 6) is -0.907. The van der Waals surface area contributed by atoms with Gasteiger partial charge in [0.1, 0.15) is 11.4 Å². The van der Waals surface area contributed by atoms with Gasteiger partial charge in [0.25, 0.3) is 5.91 Å². The second-order valence-corrected chi connectivity index (χ2v) is 4.93. The summed E-state index contributed by atoms with van der Waals surface area (Å²) in [6, 6.07) is 0. The summed E-state index contributed by atoms with van der Waals surface area (Å²) < 4.78 is 0. The van der Waals surface area contributed by atoms with Crippen molar-refractivity contribution in [3.8, 4) is 0 Å². The van der Waals surface area contributed by atoms with Crippen LogP contribution in [-0.2, 0) is 4.79 Å². The molecule has 1 heterocycles. The van der Waals surface area contributed by atoms with Crippen molar-refractivity contribution in [1.82, 2.24) is 20.1 Å². The Kier molecular flexibility index (Phi) is 3.73. The van der Waals surface area contributed by atoms with Gasteiger partial charge in [0.2, 0.25) is 5.82 Å². The zero-order valence-electron chi connectivity index (χ0n) is 11.2. The number of H-pyrrole nitrogens is 1. The van der Waals surface area contributed by atoms with E-state index in [1.54, 1.807) is 0 Å². The van der Waals surface area contributed by atoms with Gasteiger partial charge in [-0.1, -0.05) is 13.8 Å². The lowest BCUT2D eigenvalue weighted by molar-refractivity contribution is -0.147. The van der Waals surface area contributed by atoms with E-state index >= 15 is 0 Å². The van der Waals surface area contributed by atoms with Gasteiger partial charge in [0.05, 0.1) is 0 Å². The van der Waals surface area contributed by atoms with Crippen molar-refractivity contribution in [1.29, 1.82) is 0 Å². The summed E-state index contributed by atoms with van der Waals surface area (Å²) in [5, 5.41) is 15.5. The van der Waals surface area contributed by atoms with E-state index in [1.807, 2.05) is 13.8 Å². The largest absolute Gasteiger partial charge is 0.480 e. The van der Waals surface area contributed by atoms with Crippen molar-refractivity contribution in [2.75, 3.05) is 7.05 Å². The number of likely N-dealkylation sites (N-methyl/N-ethyl adjacent to an activating group) is 1. The van der Waals surface area contributed by atoms with E-state index in [0.29, 0.717) is 5.82 Å². The third-order valence-electron chi connectivity index (χ3n) is 2.91. The van der Waals surface area contributed by atoms with Crippen LogP contribution < -0.4 is 0 Å². The highest BCUT2D eigenvalue weighted by Crippen LogP contribution is 2.15. The Morgan fingerprint density at radius 1 is 1.39 bits per heavy atom. The number of nitrogens with one attached hydrogen (secondary N) is 1. The second kappa shape index (κ2) is 4.75. The molecule has 0 aliphatic heterocycles. The minimum absolute atomic E-state index is 0.0180. The SMILES string of the molecule is CC(C)c1nc(C(=O)N(C)C(C)(C)C(=O)O)n[nH]1. The first kappa shape index (κ1) is 14.1. The van der Waals surface area contributed by atoms with E-state index < -0.39 is 17.4 Å². The minimum atomic E-state index is -1.31. The van der Waals surface area contributed by atoms with Crippen LogP contribution in [0.3, 0.4) is 0 Å². The van der Waals surface area contributed by atoms with Gasteiger partial charge in [0.15, 0.2) is 0 Å². The Labute approximate surface area is 105 Å². The van der Waals surface area contributed by atoms with Gasteiger partial charge in [-0.15, -0.1) is 5.10 Å². The molecule has 0 aromatic carbocycles. The van der Waals surface area contributed by atoms with Gasteiger partial charge in [-0.05, 0) is 13.8 Å². The molecule has 0 aliphatic rings. The van der Waals surface area contributed by atoms with Crippen molar-refractivity contribution < 1.29 is 14.7 Å². The lowest BCUT2D eigenvalue weighted by Crippen LogP contribution is -2.51. The lowest BCUT2D eigenvalue weighted by atomic mass is 10.0. The number of aliphatic carboxylic acids is 1. The number of hydrogen-bond acceptors (Lipinski definition) is 4. The maximum atomic E-state index is 12.0. The first-order valence-electron chi connectivity index (χ1n) is 5.61. The van der Waals surface area contributed by atoms with E-state index in [9.17, 15) is 9.59 Å². The first-order valence-corrected chi connectivity index (χ1v) is 5.61. The van der Waals surface area contributed by atoms with Crippen LogP contribution in [0, 0.1) is 0 Å². The van der Waals surface area contributed by atoms with Crippen molar-refractivity contribution in [3.05, 3.63) is 11.6 Å². The molecule has 1 amide bonds. The summed E-state index contributed by atoms with van der Waals surface area (Å²) >= 11 is 0. The third-order valence-corrected chi connectivity index (χ3v) is 2.91. The standard InChI is InChI=1S/C11H18N4O3/c1-6(2)7-12-8(14-13-7)9(16)15(5)11(3,4)10(17)18/h6H,1-5H3,(H,17,18)(H,12,13,14). The van der Waals surface area contributed by atoms with E-state index in [2.05, 4.69) is 15.2 Å². The van der Waals surface area contributed by atoms with E-state index in [-0.39, 0.29) is 11.7 Å². The molecule has 1 aromatic rings. The molecule has 0 fully saturated rings. The molecule has 1 rings (SSSR count). The molecule has 0 saturated heterocycles. The monoisotopic (exact) mass is 254 g/mol. The van der Waals surface area contributed by atoms with Crippen LogP contribution in [-0.4, -0.2) is 49.7 Å². The van der Waals surface area contributed by atoms with Crippen LogP contribution in [0.1, 0.15) is 50.1 Å². The Hall–Kier alpha value is -1.92.